The molecule has 100 valence electrons. The average Bonchev–Trinajstić information content (AvgIpc) is 3.30. The van der Waals surface area contributed by atoms with Crippen LogP contribution in [0.5, 0.6) is 0 Å². The Labute approximate surface area is 115 Å². The van der Waals surface area contributed by atoms with Crippen molar-refractivity contribution in [1.82, 2.24) is 10.2 Å². The zero-order chi connectivity index (χ0) is 13.1. The van der Waals surface area contributed by atoms with Gasteiger partial charge in [-0.1, -0.05) is 18.2 Å². The molecule has 1 aliphatic carbocycles. The van der Waals surface area contributed by atoms with Gasteiger partial charge in [-0.3, -0.25) is 0 Å². The van der Waals surface area contributed by atoms with E-state index in [4.69, 9.17) is 5.26 Å². The van der Waals surface area contributed by atoms with Crippen LogP contribution >= 0.6 is 0 Å². The molecule has 1 aromatic carbocycles. The molecule has 3 nitrogen and oxygen atoms in total. The molecule has 0 atom stereocenters. The lowest BCUT2D eigenvalue weighted by atomic mass is 10.0. The van der Waals surface area contributed by atoms with Crippen molar-refractivity contribution in [1.29, 1.82) is 5.26 Å². The summed E-state index contributed by atoms with van der Waals surface area (Å²) >= 11 is 0. The average molecular weight is 255 g/mol. The summed E-state index contributed by atoms with van der Waals surface area (Å²) in [6, 6.07) is 11.7. The summed E-state index contributed by atoms with van der Waals surface area (Å²) in [5, 5.41) is 12.7. The van der Waals surface area contributed by atoms with Crippen LogP contribution in [-0.2, 0) is 6.54 Å². The van der Waals surface area contributed by atoms with Gasteiger partial charge in [0.1, 0.15) is 0 Å². The molecule has 1 heterocycles. The van der Waals surface area contributed by atoms with Gasteiger partial charge in [0.25, 0.3) is 0 Å². The Kier molecular flexibility index (Phi) is 3.82. The molecule has 1 saturated carbocycles. The third kappa shape index (κ3) is 3.15. The van der Waals surface area contributed by atoms with E-state index in [9.17, 15) is 0 Å². The highest BCUT2D eigenvalue weighted by atomic mass is 15.2. The molecule has 0 bridgehead atoms. The normalized spacial score (nSPS) is 21.2. The zero-order valence-corrected chi connectivity index (χ0v) is 11.3. The number of nitrogens with one attached hydrogen (secondary N) is 1. The molecular weight excluding hydrogens is 234 g/mol. The summed E-state index contributed by atoms with van der Waals surface area (Å²) in [5.41, 5.74) is 1.92. The van der Waals surface area contributed by atoms with Crippen LogP contribution in [0.15, 0.2) is 24.3 Å². The van der Waals surface area contributed by atoms with Crippen molar-refractivity contribution >= 4 is 0 Å². The van der Waals surface area contributed by atoms with E-state index in [1.165, 1.54) is 38.8 Å². The molecule has 1 aromatic rings. The Morgan fingerprint density at radius 1 is 1.16 bits per heavy atom. The number of rotatable bonds is 4. The van der Waals surface area contributed by atoms with Crippen molar-refractivity contribution in [3.8, 4) is 6.07 Å². The quantitative estimate of drug-likeness (QED) is 0.897. The maximum Gasteiger partial charge on any atom is 0.0995 e. The first kappa shape index (κ1) is 12.7. The molecule has 1 N–H and O–H groups in total. The number of hydrogen-bond acceptors (Lipinski definition) is 3. The smallest absolute Gasteiger partial charge is 0.0995 e. The molecule has 3 rings (SSSR count). The summed E-state index contributed by atoms with van der Waals surface area (Å²) < 4.78 is 0. The molecular formula is C16H21N3. The van der Waals surface area contributed by atoms with Gasteiger partial charge in [0, 0.05) is 18.6 Å². The number of piperidine rings is 1. The standard InChI is InChI=1S/C16H21N3/c17-11-13-3-1-2-4-14(13)12-18-15-7-9-19(10-8-15)16-5-6-16/h1-4,15-16,18H,5-10,12H2. The van der Waals surface area contributed by atoms with E-state index in [1.807, 2.05) is 24.3 Å². The van der Waals surface area contributed by atoms with E-state index >= 15 is 0 Å². The minimum atomic E-state index is 0.613. The third-order valence-corrected chi connectivity index (χ3v) is 4.31. The highest BCUT2D eigenvalue weighted by molar-refractivity contribution is 5.37. The summed E-state index contributed by atoms with van der Waals surface area (Å²) in [5.74, 6) is 0. The molecule has 2 fully saturated rings. The lowest BCUT2D eigenvalue weighted by Gasteiger charge is -2.32. The second kappa shape index (κ2) is 5.73. The molecule has 0 unspecified atom stereocenters. The lowest BCUT2D eigenvalue weighted by molar-refractivity contribution is 0.189. The van der Waals surface area contributed by atoms with Gasteiger partial charge < -0.3 is 10.2 Å². The number of benzene rings is 1. The fourth-order valence-corrected chi connectivity index (χ4v) is 2.95. The highest BCUT2D eigenvalue weighted by Gasteiger charge is 2.31. The highest BCUT2D eigenvalue weighted by Crippen LogP contribution is 2.29. The van der Waals surface area contributed by atoms with Gasteiger partial charge in [0.05, 0.1) is 11.6 Å². The van der Waals surface area contributed by atoms with E-state index in [-0.39, 0.29) is 0 Å². The van der Waals surface area contributed by atoms with Crippen LogP contribution < -0.4 is 5.32 Å². The molecule has 2 aliphatic rings. The van der Waals surface area contributed by atoms with Gasteiger partial charge in [-0.15, -0.1) is 0 Å². The van der Waals surface area contributed by atoms with Gasteiger partial charge >= 0.3 is 0 Å². The summed E-state index contributed by atoms with van der Waals surface area (Å²) in [7, 11) is 0. The van der Waals surface area contributed by atoms with Crippen molar-refractivity contribution in [2.75, 3.05) is 13.1 Å². The Bertz CT molecular complexity index is 465. The predicted molar refractivity (Wildman–Crippen MR) is 75.6 cm³/mol. The molecule has 3 heteroatoms. The van der Waals surface area contributed by atoms with E-state index < -0.39 is 0 Å². The Hall–Kier alpha value is -1.37. The minimum Gasteiger partial charge on any atom is -0.310 e. The van der Waals surface area contributed by atoms with Crippen LogP contribution in [0.3, 0.4) is 0 Å². The van der Waals surface area contributed by atoms with Crippen LogP contribution in [0.4, 0.5) is 0 Å². The van der Waals surface area contributed by atoms with E-state index in [0.717, 1.165) is 23.7 Å². The van der Waals surface area contributed by atoms with Crippen LogP contribution in [-0.4, -0.2) is 30.1 Å². The fourth-order valence-electron chi connectivity index (χ4n) is 2.95. The van der Waals surface area contributed by atoms with Crippen molar-refractivity contribution in [3.63, 3.8) is 0 Å². The van der Waals surface area contributed by atoms with E-state index in [2.05, 4.69) is 16.3 Å². The molecule has 0 amide bonds. The van der Waals surface area contributed by atoms with Crippen LogP contribution in [0.1, 0.15) is 36.8 Å². The Morgan fingerprint density at radius 3 is 2.58 bits per heavy atom. The minimum absolute atomic E-state index is 0.613. The van der Waals surface area contributed by atoms with Crippen molar-refractivity contribution in [3.05, 3.63) is 35.4 Å². The second-order valence-corrected chi connectivity index (χ2v) is 5.69. The first-order chi connectivity index (χ1) is 9.36. The van der Waals surface area contributed by atoms with Gasteiger partial charge in [-0.2, -0.15) is 5.26 Å². The summed E-state index contributed by atoms with van der Waals surface area (Å²) in [6.45, 7) is 3.29. The molecule has 1 aliphatic heterocycles. The zero-order valence-electron chi connectivity index (χ0n) is 11.3. The predicted octanol–water partition coefficient (Wildman–Crippen LogP) is 2.27. The Balaban J connectivity index is 1.49. The topological polar surface area (TPSA) is 39.1 Å². The van der Waals surface area contributed by atoms with Gasteiger partial charge in [0.15, 0.2) is 0 Å². The van der Waals surface area contributed by atoms with Gasteiger partial charge in [0.2, 0.25) is 0 Å². The van der Waals surface area contributed by atoms with Crippen molar-refractivity contribution in [2.24, 2.45) is 0 Å². The van der Waals surface area contributed by atoms with Crippen molar-refractivity contribution < 1.29 is 0 Å². The number of hydrogen-bond donors (Lipinski definition) is 1. The van der Waals surface area contributed by atoms with Crippen LogP contribution in [0.25, 0.3) is 0 Å². The first-order valence-electron chi connectivity index (χ1n) is 7.32. The van der Waals surface area contributed by atoms with Gasteiger partial charge in [-0.25, -0.2) is 0 Å². The molecule has 19 heavy (non-hydrogen) atoms. The first-order valence-corrected chi connectivity index (χ1v) is 7.32. The maximum absolute atomic E-state index is 9.07. The van der Waals surface area contributed by atoms with E-state index in [1.54, 1.807) is 0 Å². The molecule has 1 saturated heterocycles. The van der Waals surface area contributed by atoms with E-state index in [0.29, 0.717) is 6.04 Å². The number of nitriles is 1. The number of likely N-dealkylation sites (tertiary alicyclic amines) is 1. The number of nitrogens with zero attached hydrogens (tertiary/aromatic N) is 2. The molecule has 0 spiro atoms. The Morgan fingerprint density at radius 2 is 1.89 bits per heavy atom. The molecule has 0 radical (unpaired) electrons. The fraction of sp³-hybridized carbons (Fsp3) is 0.562. The summed E-state index contributed by atoms with van der Waals surface area (Å²) in [6.07, 6.45) is 5.30. The monoisotopic (exact) mass is 255 g/mol. The van der Waals surface area contributed by atoms with Crippen LogP contribution in [0.2, 0.25) is 0 Å². The van der Waals surface area contributed by atoms with Crippen molar-refractivity contribution in [2.45, 2.75) is 44.3 Å². The maximum atomic E-state index is 9.07. The largest absolute Gasteiger partial charge is 0.310 e. The molecule has 0 aromatic heterocycles. The second-order valence-electron chi connectivity index (χ2n) is 5.69. The van der Waals surface area contributed by atoms with Crippen LogP contribution in [0, 0.1) is 11.3 Å². The SMILES string of the molecule is N#Cc1ccccc1CNC1CCN(C2CC2)CC1. The van der Waals surface area contributed by atoms with Gasteiger partial charge in [-0.05, 0) is 50.4 Å². The third-order valence-electron chi connectivity index (χ3n) is 4.31. The lowest BCUT2D eigenvalue weighted by Crippen LogP contribution is -2.43. The summed E-state index contributed by atoms with van der Waals surface area (Å²) in [4.78, 5) is 2.64.